The maximum atomic E-state index is 11.3. The molecule has 0 unspecified atom stereocenters. The quantitative estimate of drug-likeness (QED) is 0.498. The number of anilines is 1. The smallest absolute Gasteiger partial charge is 0.301 e. The molecule has 1 heterocycles. The molecular weight excluding hydrogens is 262 g/mol. The summed E-state index contributed by atoms with van der Waals surface area (Å²) in [6, 6.07) is 6.98. The molecule has 0 atom stereocenters. The molecule has 0 saturated heterocycles. The number of pyridine rings is 1. The molecule has 6 heteroatoms. The molecule has 0 aliphatic carbocycles. The number of nitrogens with one attached hydrogen (secondary N) is 1. The van der Waals surface area contributed by atoms with Crippen LogP contribution in [0.3, 0.4) is 0 Å². The molecule has 0 spiro atoms. The van der Waals surface area contributed by atoms with Crippen molar-refractivity contribution in [2.24, 2.45) is 0 Å². The van der Waals surface area contributed by atoms with E-state index in [9.17, 15) is 10.1 Å². The van der Waals surface area contributed by atoms with Gasteiger partial charge in [-0.2, -0.15) is 11.8 Å². The Morgan fingerprint density at radius 1 is 1.42 bits per heavy atom. The van der Waals surface area contributed by atoms with E-state index in [0.717, 1.165) is 18.7 Å². The molecular formula is C13H15N3O2S. The van der Waals surface area contributed by atoms with Crippen molar-refractivity contribution in [2.45, 2.75) is 6.42 Å². The second kappa shape index (κ2) is 6.38. The second-order valence-electron chi connectivity index (χ2n) is 4.06. The van der Waals surface area contributed by atoms with Crippen LogP contribution >= 0.6 is 11.8 Å². The standard InChI is InChI=1S/C13H15N3O2S/c1-19-9-3-8-15-12-6-5-11-10(4-2-7-14-11)13(12)16(17)18/h2,4-7,15H,3,8-9H2,1H3. The first-order valence-electron chi connectivity index (χ1n) is 5.99. The van der Waals surface area contributed by atoms with Crippen LogP contribution in [0.2, 0.25) is 0 Å². The Bertz CT molecular complexity index is 589. The van der Waals surface area contributed by atoms with Gasteiger partial charge in [0.25, 0.3) is 0 Å². The number of rotatable bonds is 6. The van der Waals surface area contributed by atoms with Crippen LogP contribution in [0.4, 0.5) is 11.4 Å². The van der Waals surface area contributed by atoms with Crippen LogP contribution in [0.25, 0.3) is 10.9 Å². The van der Waals surface area contributed by atoms with Crippen molar-refractivity contribution in [2.75, 3.05) is 23.9 Å². The van der Waals surface area contributed by atoms with Crippen LogP contribution in [0.15, 0.2) is 30.5 Å². The van der Waals surface area contributed by atoms with E-state index in [1.165, 1.54) is 0 Å². The van der Waals surface area contributed by atoms with Crippen LogP contribution < -0.4 is 5.32 Å². The molecule has 1 aromatic heterocycles. The van der Waals surface area contributed by atoms with Gasteiger partial charge in [-0.05, 0) is 42.7 Å². The summed E-state index contributed by atoms with van der Waals surface area (Å²) in [6.45, 7) is 0.730. The summed E-state index contributed by atoms with van der Waals surface area (Å²) in [5.41, 5.74) is 1.31. The Labute approximate surface area is 115 Å². The first kappa shape index (κ1) is 13.6. The Hall–Kier alpha value is -1.82. The van der Waals surface area contributed by atoms with E-state index in [0.29, 0.717) is 16.6 Å². The summed E-state index contributed by atoms with van der Waals surface area (Å²) in [7, 11) is 0. The van der Waals surface area contributed by atoms with Crippen LogP contribution in [0.1, 0.15) is 6.42 Å². The summed E-state index contributed by atoms with van der Waals surface area (Å²) < 4.78 is 0. The minimum atomic E-state index is -0.346. The van der Waals surface area contributed by atoms with Gasteiger partial charge in [0, 0.05) is 12.7 Å². The van der Waals surface area contributed by atoms with Gasteiger partial charge in [0.2, 0.25) is 0 Å². The normalized spacial score (nSPS) is 10.6. The number of aromatic nitrogens is 1. The third-order valence-corrected chi connectivity index (χ3v) is 3.48. The van der Waals surface area contributed by atoms with E-state index < -0.39 is 0 Å². The molecule has 0 fully saturated rings. The number of thioether (sulfide) groups is 1. The van der Waals surface area contributed by atoms with Gasteiger partial charge < -0.3 is 5.32 Å². The third-order valence-electron chi connectivity index (χ3n) is 2.78. The fraction of sp³-hybridized carbons (Fsp3) is 0.308. The molecule has 0 radical (unpaired) electrons. The predicted molar refractivity (Wildman–Crippen MR) is 79.9 cm³/mol. The number of hydrogen-bond acceptors (Lipinski definition) is 5. The number of nitrogens with zero attached hydrogens (tertiary/aromatic N) is 2. The fourth-order valence-corrected chi connectivity index (χ4v) is 2.35. The highest BCUT2D eigenvalue weighted by Gasteiger charge is 2.18. The molecule has 0 bridgehead atoms. The van der Waals surface area contributed by atoms with Gasteiger partial charge in [-0.3, -0.25) is 15.1 Å². The highest BCUT2D eigenvalue weighted by atomic mass is 32.2. The highest BCUT2D eigenvalue weighted by Crippen LogP contribution is 2.32. The van der Waals surface area contributed by atoms with Crippen molar-refractivity contribution in [1.29, 1.82) is 0 Å². The highest BCUT2D eigenvalue weighted by molar-refractivity contribution is 7.98. The van der Waals surface area contributed by atoms with Crippen molar-refractivity contribution < 1.29 is 4.92 Å². The summed E-state index contributed by atoms with van der Waals surface area (Å²) in [5.74, 6) is 1.04. The molecule has 1 N–H and O–H groups in total. The molecule has 0 amide bonds. The summed E-state index contributed by atoms with van der Waals surface area (Å²) >= 11 is 1.77. The van der Waals surface area contributed by atoms with E-state index in [2.05, 4.69) is 10.3 Å². The van der Waals surface area contributed by atoms with E-state index in [4.69, 9.17) is 0 Å². The first-order chi connectivity index (χ1) is 9.24. The Balaban J connectivity index is 2.32. The lowest BCUT2D eigenvalue weighted by molar-refractivity contribution is -0.382. The van der Waals surface area contributed by atoms with Crippen LogP contribution in [-0.4, -0.2) is 28.5 Å². The SMILES string of the molecule is CSCCCNc1ccc2ncccc2c1[N+](=O)[O-]. The number of fused-ring (bicyclic) bond motifs is 1. The van der Waals surface area contributed by atoms with E-state index in [-0.39, 0.29) is 10.6 Å². The Kier molecular flexibility index (Phi) is 4.57. The second-order valence-corrected chi connectivity index (χ2v) is 5.05. The number of nitro groups is 1. The summed E-state index contributed by atoms with van der Waals surface area (Å²) in [4.78, 5) is 15.1. The van der Waals surface area contributed by atoms with Crippen LogP contribution in [0.5, 0.6) is 0 Å². The molecule has 100 valence electrons. The number of benzene rings is 1. The van der Waals surface area contributed by atoms with Crippen LogP contribution in [0, 0.1) is 10.1 Å². The topological polar surface area (TPSA) is 68.1 Å². The lowest BCUT2D eigenvalue weighted by atomic mass is 10.1. The molecule has 0 saturated carbocycles. The Morgan fingerprint density at radius 3 is 3.00 bits per heavy atom. The largest absolute Gasteiger partial charge is 0.379 e. The first-order valence-corrected chi connectivity index (χ1v) is 7.38. The number of nitro benzene ring substituents is 1. The monoisotopic (exact) mass is 277 g/mol. The molecule has 2 aromatic rings. The lowest BCUT2D eigenvalue weighted by Crippen LogP contribution is -2.05. The van der Waals surface area contributed by atoms with Crippen LogP contribution in [-0.2, 0) is 0 Å². The fourth-order valence-electron chi connectivity index (χ4n) is 1.92. The Morgan fingerprint density at radius 2 is 2.26 bits per heavy atom. The average Bonchev–Trinajstić information content (AvgIpc) is 2.42. The van der Waals surface area contributed by atoms with Crippen molar-refractivity contribution in [3.63, 3.8) is 0 Å². The maximum absolute atomic E-state index is 11.3. The van der Waals surface area contributed by atoms with E-state index in [1.54, 1.807) is 42.2 Å². The van der Waals surface area contributed by atoms with Gasteiger partial charge in [0.1, 0.15) is 5.69 Å². The lowest BCUT2D eigenvalue weighted by Gasteiger charge is -2.08. The zero-order valence-corrected chi connectivity index (χ0v) is 11.4. The maximum Gasteiger partial charge on any atom is 0.301 e. The van der Waals surface area contributed by atoms with E-state index >= 15 is 0 Å². The molecule has 19 heavy (non-hydrogen) atoms. The van der Waals surface area contributed by atoms with Crippen molar-refractivity contribution in [3.8, 4) is 0 Å². The zero-order valence-electron chi connectivity index (χ0n) is 10.6. The minimum absolute atomic E-state index is 0.106. The molecule has 5 nitrogen and oxygen atoms in total. The van der Waals surface area contributed by atoms with Gasteiger partial charge in [0.15, 0.2) is 0 Å². The number of hydrogen-bond donors (Lipinski definition) is 1. The van der Waals surface area contributed by atoms with Crippen molar-refractivity contribution >= 4 is 34.0 Å². The predicted octanol–water partition coefficient (Wildman–Crippen LogP) is 3.31. The van der Waals surface area contributed by atoms with E-state index in [1.807, 2.05) is 6.26 Å². The van der Waals surface area contributed by atoms with Gasteiger partial charge in [-0.15, -0.1) is 0 Å². The van der Waals surface area contributed by atoms with Gasteiger partial charge in [-0.25, -0.2) is 0 Å². The minimum Gasteiger partial charge on any atom is -0.379 e. The summed E-state index contributed by atoms with van der Waals surface area (Å²) in [6.07, 6.45) is 4.66. The third kappa shape index (κ3) is 3.14. The van der Waals surface area contributed by atoms with Gasteiger partial charge in [0.05, 0.1) is 15.8 Å². The molecule has 2 rings (SSSR count). The zero-order chi connectivity index (χ0) is 13.7. The van der Waals surface area contributed by atoms with Crippen molar-refractivity contribution in [1.82, 2.24) is 4.98 Å². The molecule has 0 aliphatic heterocycles. The van der Waals surface area contributed by atoms with Crippen molar-refractivity contribution in [3.05, 3.63) is 40.6 Å². The van der Waals surface area contributed by atoms with Gasteiger partial charge in [-0.1, -0.05) is 0 Å². The summed E-state index contributed by atoms with van der Waals surface area (Å²) in [5, 5.41) is 15.0. The van der Waals surface area contributed by atoms with Gasteiger partial charge >= 0.3 is 5.69 Å². The molecule has 0 aliphatic rings. The average molecular weight is 277 g/mol. The molecule has 1 aromatic carbocycles.